The van der Waals surface area contributed by atoms with Crippen LogP contribution in [0.25, 0.3) is 12.2 Å². The van der Waals surface area contributed by atoms with Crippen molar-refractivity contribution in [1.29, 1.82) is 0 Å². The van der Waals surface area contributed by atoms with E-state index in [0.29, 0.717) is 35.1 Å². The van der Waals surface area contributed by atoms with Gasteiger partial charge in [0.2, 0.25) is 5.88 Å². The number of rotatable bonds is 8. The van der Waals surface area contributed by atoms with E-state index in [1.54, 1.807) is 30.4 Å². The SMILES string of the molecule is COc1cc(/C=C/c2cc(OC)c(CC=C(C)C)c(O)c2C(=O)O)nc(OC)c1. The fraction of sp³-hybridized carbons (Fsp3) is 0.273. The van der Waals surface area contributed by atoms with E-state index in [4.69, 9.17) is 14.2 Å². The molecule has 0 saturated heterocycles. The van der Waals surface area contributed by atoms with Crippen molar-refractivity contribution in [3.8, 4) is 23.1 Å². The lowest BCUT2D eigenvalue weighted by Gasteiger charge is -2.14. The number of carbonyl (C=O) groups is 1. The Hall–Kier alpha value is -3.48. The maximum atomic E-state index is 11.8. The molecule has 0 amide bonds. The van der Waals surface area contributed by atoms with Gasteiger partial charge in [0, 0.05) is 17.7 Å². The van der Waals surface area contributed by atoms with Crippen LogP contribution in [0.1, 0.15) is 41.0 Å². The molecule has 0 spiro atoms. The summed E-state index contributed by atoms with van der Waals surface area (Å²) in [6, 6.07) is 4.90. The Morgan fingerprint density at radius 2 is 1.79 bits per heavy atom. The van der Waals surface area contributed by atoms with Crippen molar-refractivity contribution in [2.75, 3.05) is 21.3 Å². The summed E-state index contributed by atoms with van der Waals surface area (Å²) in [7, 11) is 4.49. The van der Waals surface area contributed by atoms with E-state index >= 15 is 0 Å². The van der Waals surface area contributed by atoms with E-state index in [-0.39, 0.29) is 16.9 Å². The summed E-state index contributed by atoms with van der Waals surface area (Å²) < 4.78 is 15.7. The number of carboxylic acids is 1. The van der Waals surface area contributed by atoms with Gasteiger partial charge in [-0.15, -0.1) is 0 Å². The number of ether oxygens (including phenoxy) is 3. The standard InChI is InChI=1S/C22H25NO6/c1-13(2)6-9-17-18(28-4)10-14(20(21(17)24)22(25)26)7-8-15-11-16(27-3)12-19(23-15)29-5/h6-8,10-12,24H,9H2,1-5H3,(H,25,26)/b8-7+. The highest BCUT2D eigenvalue weighted by Crippen LogP contribution is 2.36. The number of carboxylic acid groups (broad SMARTS) is 1. The summed E-state index contributed by atoms with van der Waals surface area (Å²) in [5, 5.41) is 20.3. The number of nitrogens with zero attached hydrogens (tertiary/aromatic N) is 1. The van der Waals surface area contributed by atoms with Gasteiger partial charge in [-0.05, 0) is 38.0 Å². The Bertz CT molecular complexity index is 936. The lowest BCUT2D eigenvalue weighted by Crippen LogP contribution is -2.04. The van der Waals surface area contributed by atoms with Gasteiger partial charge in [-0.2, -0.15) is 0 Å². The lowest BCUT2D eigenvalue weighted by atomic mass is 9.97. The highest BCUT2D eigenvalue weighted by Gasteiger charge is 2.21. The van der Waals surface area contributed by atoms with Crippen molar-refractivity contribution >= 4 is 18.1 Å². The van der Waals surface area contributed by atoms with Crippen LogP contribution in [0.4, 0.5) is 0 Å². The van der Waals surface area contributed by atoms with Crippen molar-refractivity contribution < 1.29 is 29.2 Å². The molecular weight excluding hydrogens is 374 g/mol. The fourth-order valence-corrected chi connectivity index (χ4v) is 2.73. The lowest BCUT2D eigenvalue weighted by molar-refractivity contribution is 0.0693. The first-order valence-corrected chi connectivity index (χ1v) is 8.88. The molecule has 2 N–H and O–H groups in total. The molecule has 7 heteroatoms. The van der Waals surface area contributed by atoms with Crippen LogP contribution in [0.2, 0.25) is 0 Å². The molecule has 154 valence electrons. The molecule has 0 aliphatic carbocycles. The largest absolute Gasteiger partial charge is 0.507 e. The van der Waals surface area contributed by atoms with E-state index in [2.05, 4.69) is 4.98 Å². The molecular formula is C22H25NO6. The summed E-state index contributed by atoms with van der Waals surface area (Å²) in [5.41, 5.74) is 2.06. The summed E-state index contributed by atoms with van der Waals surface area (Å²) in [6.45, 7) is 3.85. The summed E-state index contributed by atoms with van der Waals surface area (Å²) in [4.78, 5) is 16.1. The first-order chi connectivity index (χ1) is 13.8. The first kappa shape index (κ1) is 21.8. The molecule has 0 bridgehead atoms. The van der Waals surface area contributed by atoms with E-state index in [0.717, 1.165) is 5.57 Å². The Balaban J connectivity index is 2.57. The monoisotopic (exact) mass is 399 g/mol. The van der Waals surface area contributed by atoms with Crippen LogP contribution < -0.4 is 14.2 Å². The molecule has 2 aromatic rings. The molecule has 1 aromatic carbocycles. The zero-order chi connectivity index (χ0) is 21.6. The van der Waals surface area contributed by atoms with Gasteiger partial charge in [-0.3, -0.25) is 0 Å². The second kappa shape index (κ2) is 9.64. The molecule has 7 nitrogen and oxygen atoms in total. The number of aromatic hydroxyl groups is 1. The molecule has 0 aliphatic heterocycles. The predicted molar refractivity (Wildman–Crippen MR) is 111 cm³/mol. The molecule has 0 saturated carbocycles. The molecule has 0 radical (unpaired) electrons. The van der Waals surface area contributed by atoms with Crippen LogP contribution in [0.5, 0.6) is 23.1 Å². The minimum absolute atomic E-state index is 0.200. The second-order valence-corrected chi connectivity index (χ2v) is 6.47. The highest BCUT2D eigenvalue weighted by molar-refractivity contribution is 5.97. The zero-order valence-corrected chi connectivity index (χ0v) is 17.1. The van der Waals surface area contributed by atoms with Crippen molar-refractivity contribution in [1.82, 2.24) is 4.98 Å². The van der Waals surface area contributed by atoms with Crippen LogP contribution in [-0.2, 0) is 6.42 Å². The number of phenols is 1. The third-order valence-corrected chi connectivity index (χ3v) is 4.22. The van der Waals surface area contributed by atoms with Crippen LogP contribution in [0, 0.1) is 0 Å². The maximum absolute atomic E-state index is 11.8. The number of methoxy groups -OCH3 is 3. The number of allylic oxidation sites excluding steroid dienone is 2. The molecule has 2 rings (SSSR count). The molecule has 1 aromatic heterocycles. The topological polar surface area (TPSA) is 98.1 Å². The number of hydrogen-bond acceptors (Lipinski definition) is 6. The van der Waals surface area contributed by atoms with Gasteiger partial charge in [0.05, 0.1) is 27.0 Å². The molecule has 0 aliphatic rings. The number of hydrogen-bond donors (Lipinski definition) is 2. The average Bonchev–Trinajstić information content (AvgIpc) is 2.69. The molecule has 0 fully saturated rings. The summed E-state index contributed by atoms with van der Waals surface area (Å²) in [6.07, 6.45) is 5.42. The smallest absolute Gasteiger partial charge is 0.340 e. The average molecular weight is 399 g/mol. The van der Waals surface area contributed by atoms with Crippen LogP contribution in [0.15, 0.2) is 29.8 Å². The van der Waals surface area contributed by atoms with Crippen LogP contribution in [0.3, 0.4) is 0 Å². The minimum Gasteiger partial charge on any atom is -0.507 e. The maximum Gasteiger partial charge on any atom is 0.340 e. The van der Waals surface area contributed by atoms with E-state index in [9.17, 15) is 15.0 Å². The third kappa shape index (κ3) is 5.28. The van der Waals surface area contributed by atoms with Gasteiger partial charge < -0.3 is 24.4 Å². The summed E-state index contributed by atoms with van der Waals surface area (Å²) >= 11 is 0. The number of aromatic nitrogens is 1. The second-order valence-electron chi connectivity index (χ2n) is 6.47. The van der Waals surface area contributed by atoms with E-state index in [1.165, 1.54) is 21.3 Å². The van der Waals surface area contributed by atoms with E-state index < -0.39 is 5.97 Å². The Morgan fingerprint density at radius 1 is 1.07 bits per heavy atom. The first-order valence-electron chi connectivity index (χ1n) is 8.88. The predicted octanol–water partition coefficient (Wildman–Crippen LogP) is 4.19. The Morgan fingerprint density at radius 3 is 2.34 bits per heavy atom. The quantitative estimate of drug-likeness (QED) is 0.642. The molecule has 0 unspecified atom stereocenters. The van der Waals surface area contributed by atoms with Gasteiger partial charge in [0.1, 0.15) is 22.8 Å². The van der Waals surface area contributed by atoms with Gasteiger partial charge in [-0.25, -0.2) is 9.78 Å². The van der Waals surface area contributed by atoms with Crippen molar-refractivity contribution in [3.63, 3.8) is 0 Å². The van der Waals surface area contributed by atoms with Gasteiger partial charge in [0.25, 0.3) is 0 Å². The number of aromatic carboxylic acids is 1. The minimum atomic E-state index is -1.24. The van der Waals surface area contributed by atoms with Gasteiger partial charge >= 0.3 is 5.97 Å². The molecule has 0 atom stereocenters. The van der Waals surface area contributed by atoms with E-state index in [1.807, 2.05) is 19.9 Å². The van der Waals surface area contributed by atoms with Crippen LogP contribution >= 0.6 is 0 Å². The van der Waals surface area contributed by atoms with Gasteiger partial charge in [-0.1, -0.05) is 17.7 Å². The third-order valence-electron chi connectivity index (χ3n) is 4.22. The number of pyridine rings is 1. The van der Waals surface area contributed by atoms with Crippen molar-refractivity contribution in [3.05, 3.63) is 52.2 Å². The Labute approximate surface area is 169 Å². The Kier molecular flexibility index (Phi) is 7.25. The zero-order valence-electron chi connectivity index (χ0n) is 17.1. The van der Waals surface area contributed by atoms with Crippen LogP contribution in [-0.4, -0.2) is 42.5 Å². The summed E-state index contributed by atoms with van der Waals surface area (Å²) in [5.74, 6) is -0.238. The fourth-order valence-electron chi connectivity index (χ4n) is 2.73. The van der Waals surface area contributed by atoms with Crippen molar-refractivity contribution in [2.24, 2.45) is 0 Å². The molecule has 29 heavy (non-hydrogen) atoms. The highest BCUT2D eigenvalue weighted by atomic mass is 16.5. The number of benzene rings is 1. The molecule has 1 heterocycles. The normalized spacial score (nSPS) is 10.7. The van der Waals surface area contributed by atoms with Gasteiger partial charge in [0.15, 0.2) is 0 Å². The van der Waals surface area contributed by atoms with Crippen molar-refractivity contribution in [2.45, 2.75) is 20.3 Å².